The molecule has 0 radical (unpaired) electrons. The Bertz CT molecular complexity index is 1070. The van der Waals surface area contributed by atoms with Gasteiger partial charge in [0.15, 0.2) is 5.82 Å². The highest BCUT2D eigenvalue weighted by molar-refractivity contribution is 5.91. The SMILES string of the molecule is CN(CCOc1ccccc1)c1nc(-c2cccnc2)nc2ccc(F)cc12. The Morgan fingerprint density at radius 3 is 2.64 bits per heavy atom. The Hall–Kier alpha value is -3.54. The Morgan fingerprint density at radius 2 is 1.86 bits per heavy atom. The molecule has 6 heteroatoms. The second kappa shape index (κ2) is 8.00. The predicted molar refractivity (Wildman–Crippen MR) is 108 cm³/mol. The highest BCUT2D eigenvalue weighted by Crippen LogP contribution is 2.27. The Balaban J connectivity index is 1.64. The molecule has 4 rings (SSSR count). The monoisotopic (exact) mass is 374 g/mol. The highest BCUT2D eigenvalue weighted by atomic mass is 19.1. The Kier molecular flexibility index (Phi) is 5.10. The van der Waals surface area contributed by atoms with Crippen molar-refractivity contribution in [3.63, 3.8) is 0 Å². The molecule has 4 aromatic rings. The van der Waals surface area contributed by atoms with Crippen LogP contribution in [-0.4, -0.2) is 35.2 Å². The van der Waals surface area contributed by atoms with Crippen molar-refractivity contribution >= 4 is 16.7 Å². The fourth-order valence-electron chi connectivity index (χ4n) is 2.92. The molecule has 0 aliphatic heterocycles. The van der Waals surface area contributed by atoms with E-state index in [1.54, 1.807) is 18.5 Å². The molecule has 28 heavy (non-hydrogen) atoms. The highest BCUT2D eigenvalue weighted by Gasteiger charge is 2.14. The number of halogens is 1. The first-order valence-electron chi connectivity index (χ1n) is 8.97. The minimum absolute atomic E-state index is 0.319. The third-order valence-electron chi connectivity index (χ3n) is 4.36. The largest absolute Gasteiger partial charge is 0.492 e. The van der Waals surface area contributed by atoms with Crippen LogP contribution in [0.25, 0.3) is 22.3 Å². The summed E-state index contributed by atoms with van der Waals surface area (Å²) >= 11 is 0. The lowest BCUT2D eigenvalue weighted by Crippen LogP contribution is -2.25. The molecule has 0 spiro atoms. The molecule has 0 aliphatic carbocycles. The summed E-state index contributed by atoms with van der Waals surface area (Å²) in [5.74, 6) is 1.70. The summed E-state index contributed by atoms with van der Waals surface area (Å²) < 4.78 is 19.6. The van der Waals surface area contributed by atoms with Crippen molar-refractivity contribution < 1.29 is 9.13 Å². The molecule has 0 saturated carbocycles. The van der Waals surface area contributed by atoms with Gasteiger partial charge in [-0.3, -0.25) is 4.98 Å². The van der Waals surface area contributed by atoms with Crippen molar-refractivity contribution in [1.29, 1.82) is 0 Å². The maximum atomic E-state index is 13.9. The average molecular weight is 374 g/mol. The molecule has 2 aromatic carbocycles. The van der Waals surface area contributed by atoms with Crippen molar-refractivity contribution in [2.75, 3.05) is 25.1 Å². The maximum Gasteiger partial charge on any atom is 0.163 e. The van der Waals surface area contributed by atoms with Crippen molar-refractivity contribution in [2.24, 2.45) is 0 Å². The standard InChI is InChI=1S/C22H19FN4O/c1-27(12-13-28-18-7-3-2-4-8-18)22-19-14-17(23)9-10-20(19)25-21(26-22)16-6-5-11-24-15-16/h2-11,14-15H,12-13H2,1H3. The van der Waals surface area contributed by atoms with Crippen molar-refractivity contribution in [3.05, 3.63) is 78.9 Å². The number of rotatable bonds is 6. The van der Waals surface area contributed by atoms with E-state index in [9.17, 15) is 4.39 Å². The lowest BCUT2D eigenvalue weighted by atomic mass is 10.2. The first-order valence-corrected chi connectivity index (χ1v) is 8.97. The number of ether oxygens (including phenoxy) is 1. The molecule has 0 amide bonds. The summed E-state index contributed by atoms with van der Waals surface area (Å²) in [5.41, 5.74) is 1.49. The van der Waals surface area contributed by atoms with Gasteiger partial charge in [-0.25, -0.2) is 14.4 Å². The van der Waals surface area contributed by atoms with Crippen LogP contribution in [0.15, 0.2) is 73.1 Å². The van der Waals surface area contributed by atoms with Gasteiger partial charge in [0.25, 0.3) is 0 Å². The number of likely N-dealkylation sites (N-methyl/N-ethyl adjacent to an activating group) is 1. The molecule has 0 unspecified atom stereocenters. The second-order valence-electron chi connectivity index (χ2n) is 6.36. The minimum Gasteiger partial charge on any atom is -0.492 e. The van der Waals surface area contributed by atoms with Crippen molar-refractivity contribution in [2.45, 2.75) is 0 Å². The average Bonchev–Trinajstić information content (AvgIpc) is 2.74. The van der Waals surface area contributed by atoms with E-state index in [4.69, 9.17) is 9.72 Å². The zero-order valence-electron chi connectivity index (χ0n) is 15.4. The van der Waals surface area contributed by atoms with Gasteiger partial charge in [-0.15, -0.1) is 0 Å². The van der Waals surface area contributed by atoms with Gasteiger partial charge >= 0.3 is 0 Å². The van der Waals surface area contributed by atoms with Gasteiger partial charge in [0, 0.05) is 30.4 Å². The fraction of sp³-hybridized carbons (Fsp3) is 0.136. The molecule has 2 heterocycles. The van der Waals surface area contributed by atoms with Gasteiger partial charge in [-0.05, 0) is 42.5 Å². The minimum atomic E-state index is -0.319. The van der Waals surface area contributed by atoms with E-state index >= 15 is 0 Å². The van der Waals surface area contributed by atoms with Crippen LogP contribution in [0, 0.1) is 5.82 Å². The topological polar surface area (TPSA) is 51.1 Å². The van der Waals surface area contributed by atoms with E-state index in [1.165, 1.54) is 12.1 Å². The third-order valence-corrected chi connectivity index (χ3v) is 4.36. The van der Waals surface area contributed by atoms with Crippen LogP contribution in [0.5, 0.6) is 5.75 Å². The molecule has 0 aliphatic rings. The predicted octanol–water partition coefficient (Wildman–Crippen LogP) is 4.35. The van der Waals surface area contributed by atoms with Crippen LogP contribution >= 0.6 is 0 Å². The van der Waals surface area contributed by atoms with Gasteiger partial charge in [-0.2, -0.15) is 0 Å². The zero-order valence-corrected chi connectivity index (χ0v) is 15.4. The van der Waals surface area contributed by atoms with Crippen molar-refractivity contribution in [1.82, 2.24) is 15.0 Å². The smallest absolute Gasteiger partial charge is 0.163 e. The van der Waals surface area contributed by atoms with E-state index < -0.39 is 0 Å². The van der Waals surface area contributed by atoms with E-state index in [2.05, 4.69) is 9.97 Å². The molecule has 0 N–H and O–H groups in total. The van der Waals surface area contributed by atoms with Gasteiger partial charge in [-0.1, -0.05) is 18.2 Å². The first-order chi connectivity index (χ1) is 13.7. The van der Waals surface area contributed by atoms with E-state index in [0.717, 1.165) is 11.3 Å². The summed E-state index contributed by atoms with van der Waals surface area (Å²) in [6.45, 7) is 1.06. The van der Waals surface area contributed by atoms with Crippen LogP contribution in [0.1, 0.15) is 0 Å². The Labute approximate surface area is 162 Å². The summed E-state index contributed by atoms with van der Waals surface area (Å²) in [7, 11) is 1.91. The lowest BCUT2D eigenvalue weighted by Gasteiger charge is -2.21. The number of hydrogen-bond acceptors (Lipinski definition) is 5. The molecule has 140 valence electrons. The summed E-state index contributed by atoms with van der Waals surface area (Å²) in [5, 5.41) is 0.662. The van der Waals surface area contributed by atoms with Gasteiger partial charge in [0.2, 0.25) is 0 Å². The van der Waals surface area contributed by atoms with E-state index in [0.29, 0.717) is 35.7 Å². The number of nitrogens with zero attached hydrogens (tertiary/aromatic N) is 4. The normalized spacial score (nSPS) is 10.8. The molecule has 0 saturated heterocycles. The Morgan fingerprint density at radius 1 is 1.00 bits per heavy atom. The fourth-order valence-corrected chi connectivity index (χ4v) is 2.92. The maximum absolute atomic E-state index is 13.9. The van der Waals surface area contributed by atoms with E-state index in [-0.39, 0.29) is 5.82 Å². The number of benzene rings is 2. The molecular formula is C22H19FN4O. The number of aromatic nitrogens is 3. The van der Waals surface area contributed by atoms with Crippen LogP contribution in [0.2, 0.25) is 0 Å². The lowest BCUT2D eigenvalue weighted by molar-refractivity contribution is 0.326. The molecule has 5 nitrogen and oxygen atoms in total. The number of anilines is 1. The van der Waals surface area contributed by atoms with E-state index in [1.807, 2.05) is 54.4 Å². The number of para-hydroxylation sites is 1. The van der Waals surface area contributed by atoms with Crippen LogP contribution < -0.4 is 9.64 Å². The van der Waals surface area contributed by atoms with Gasteiger partial charge < -0.3 is 9.64 Å². The first kappa shape index (κ1) is 17.9. The molecular weight excluding hydrogens is 355 g/mol. The summed E-state index contributed by atoms with van der Waals surface area (Å²) in [6, 6.07) is 17.9. The molecule has 0 bridgehead atoms. The number of fused-ring (bicyclic) bond motifs is 1. The second-order valence-corrected chi connectivity index (χ2v) is 6.36. The summed E-state index contributed by atoms with van der Waals surface area (Å²) in [4.78, 5) is 15.4. The van der Waals surface area contributed by atoms with Crippen molar-refractivity contribution in [3.8, 4) is 17.1 Å². The molecule has 0 atom stereocenters. The van der Waals surface area contributed by atoms with Gasteiger partial charge in [0.05, 0.1) is 12.1 Å². The third kappa shape index (κ3) is 3.91. The van der Waals surface area contributed by atoms with Gasteiger partial charge in [0.1, 0.15) is 24.0 Å². The number of pyridine rings is 1. The zero-order chi connectivity index (χ0) is 19.3. The summed E-state index contributed by atoms with van der Waals surface area (Å²) in [6.07, 6.45) is 3.42. The van der Waals surface area contributed by atoms with Crippen LogP contribution in [-0.2, 0) is 0 Å². The molecule has 2 aromatic heterocycles. The quantitative estimate of drug-likeness (QED) is 0.502. The van der Waals surface area contributed by atoms with Crippen LogP contribution in [0.3, 0.4) is 0 Å². The van der Waals surface area contributed by atoms with Crippen LogP contribution in [0.4, 0.5) is 10.2 Å². The molecule has 0 fully saturated rings. The number of hydrogen-bond donors (Lipinski definition) is 0.